The lowest BCUT2D eigenvalue weighted by Gasteiger charge is -2.10. The molecule has 6 heteroatoms. The van der Waals surface area contributed by atoms with Crippen LogP contribution in [0.1, 0.15) is 42.9 Å². The van der Waals surface area contributed by atoms with Crippen molar-refractivity contribution in [3.63, 3.8) is 0 Å². The molecule has 1 aromatic carbocycles. The number of aromatic nitrogens is 1. The number of hydrogen-bond donors (Lipinski definition) is 2. The number of pyridine rings is 1. The van der Waals surface area contributed by atoms with Crippen LogP contribution in [-0.2, 0) is 11.3 Å². The number of ether oxygens (including phenoxy) is 1. The van der Waals surface area contributed by atoms with Crippen LogP contribution in [0.15, 0.2) is 29.1 Å². The zero-order valence-corrected chi connectivity index (χ0v) is 14.1. The fourth-order valence-corrected chi connectivity index (χ4v) is 2.54. The highest BCUT2D eigenvalue weighted by Crippen LogP contribution is 2.28. The Morgan fingerprint density at radius 3 is 2.40 bits per heavy atom. The van der Waals surface area contributed by atoms with Gasteiger partial charge in [0.1, 0.15) is 29.1 Å². The Hall–Kier alpha value is -3.09. The molecule has 0 aliphatic rings. The van der Waals surface area contributed by atoms with Gasteiger partial charge < -0.3 is 15.5 Å². The summed E-state index contributed by atoms with van der Waals surface area (Å²) in [6.07, 6.45) is 3.34. The van der Waals surface area contributed by atoms with E-state index in [9.17, 15) is 15.3 Å². The molecule has 0 bridgehead atoms. The van der Waals surface area contributed by atoms with E-state index in [1.165, 1.54) is 0 Å². The lowest BCUT2D eigenvalue weighted by Crippen LogP contribution is -2.16. The molecule has 0 radical (unpaired) electrons. The van der Waals surface area contributed by atoms with E-state index in [-0.39, 0.29) is 22.5 Å². The van der Waals surface area contributed by atoms with Gasteiger partial charge in [0.15, 0.2) is 0 Å². The topological polar surface area (TPSA) is 116 Å². The second kappa shape index (κ2) is 8.68. The van der Waals surface area contributed by atoms with Gasteiger partial charge in [-0.05, 0) is 17.5 Å². The normalized spacial score (nSPS) is 10.2. The van der Waals surface area contributed by atoms with Crippen molar-refractivity contribution < 1.29 is 4.74 Å². The van der Waals surface area contributed by atoms with Gasteiger partial charge in [0.2, 0.25) is 0 Å². The maximum Gasteiger partial charge on any atom is 0.268 e. The summed E-state index contributed by atoms with van der Waals surface area (Å²) in [6.45, 7) is 3.36. The van der Waals surface area contributed by atoms with Crippen molar-refractivity contribution in [2.75, 3.05) is 12.3 Å². The Morgan fingerprint density at radius 1 is 1.12 bits per heavy atom. The van der Waals surface area contributed by atoms with Crippen LogP contribution in [0.5, 0.6) is 0 Å². The van der Waals surface area contributed by atoms with E-state index in [0.717, 1.165) is 31.4 Å². The molecule has 0 unspecified atom stereocenters. The summed E-state index contributed by atoms with van der Waals surface area (Å²) < 4.78 is 5.62. The average Bonchev–Trinajstić information content (AvgIpc) is 2.61. The number of unbranched alkanes of at least 4 members (excludes halogenated alkanes) is 2. The van der Waals surface area contributed by atoms with Crippen molar-refractivity contribution in [2.24, 2.45) is 0 Å². The monoisotopic (exact) mass is 336 g/mol. The fraction of sp³-hybridized carbons (Fsp3) is 0.316. The number of benzene rings is 1. The van der Waals surface area contributed by atoms with Crippen LogP contribution < -0.4 is 11.3 Å². The zero-order valence-electron chi connectivity index (χ0n) is 14.1. The van der Waals surface area contributed by atoms with E-state index in [2.05, 4.69) is 11.9 Å². The summed E-state index contributed by atoms with van der Waals surface area (Å²) in [5.41, 5.74) is 6.95. The van der Waals surface area contributed by atoms with Crippen molar-refractivity contribution in [1.82, 2.24) is 4.98 Å². The van der Waals surface area contributed by atoms with Crippen LogP contribution in [0.4, 0.5) is 5.82 Å². The number of hydrogen-bond acceptors (Lipinski definition) is 5. The Morgan fingerprint density at radius 2 is 1.80 bits per heavy atom. The number of rotatable bonds is 7. The van der Waals surface area contributed by atoms with E-state index < -0.39 is 5.56 Å². The second-order valence-corrected chi connectivity index (χ2v) is 5.67. The Labute approximate surface area is 146 Å². The Kier molecular flexibility index (Phi) is 6.33. The van der Waals surface area contributed by atoms with Gasteiger partial charge in [-0.3, -0.25) is 4.79 Å². The third-order valence-electron chi connectivity index (χ3n) is 3.87. The quantitative estimate of drug-likeness (QED) is 0.754. The van der Waals surface area contributed by atoms with E-state index in [0.29, 0.717) is 12.2 Å². The minimum absolute atomic E-state index is 0.0372. The molecule has 0 saturated carbocycles. The van der Waals surface area contributed by atoms with E-state index >= 15 is 0 Å². The molecule has 6 nitrogen and oxygen atoms in total. The number of nitriles is 2. The van der Waals surface area contributed by atoms with Gasteiger partial charge in [-0.1, -0.05) is 44.0 Å². The van der Waals surface area contributed by atoms with Crippen LogP contribution in [-0.4, -0.2) is 11.6 Å². The second-order valence-electron chi connectivity index (χ2n) is 5.67. The summed E-state index contributed by atoms with van der Waals surface area (Å²) in [7, 11) is 0. The number of aromatic amines is 1. The fourth-order valence-electron chi connectivity index (χ4n) is 2.54. The molecule has 128 valence electrons. The molecule has 0 aliphatic heterocycles. The number of nitrogens with two attached hydrogens (primary N) is 1. The van der Waals surface area contributed by atoms with E-state index in [4.69, 9.17) is 10.5 Å². The summed E-state index contributed by atoms with van der Waals surface area (Å²) in [5.74, 6) is -0.0372. The standard InChI is InChI=1S/C19H20N4O2/c1-2-3-4-9-25-12-13-5-7-14(8-6-13)17-15(10-20)18(22)23-19(24)16(17)11-21/h5-8H,2-4,9,12H2,1H3,(H3,22,23,24). The molecule has 2 aromatic rings. The molecule has 0 saturated heterocycles. The number of H-pyrrole nitrogens is 1. The maximum atomic E-state index is 11.9. The SMILES string of the molecule is CCCCCOCc1ccc(-c2c(C#N)c(N)[nH]c(=O)c2C#N)cc1. The minimum Gasteiger partial charge on any atom is -0.384 e. The molecule has 1 heterocycles. The van der Waals surface area contributed by atoms with Gasteiger partial charge in [0, 0.05) is 12.2 Å². The van der Waals surface area contributed by atoms with Gasteiger partial charge in [0.25, 0.3) is 5.56 Å². The van der Waals surface area contributed by atoms with Crippen LogP contribution in [0, 0.1) is 22.7 Å². The van der Waals surface area contributed by atoms with Gasteiger partial charge in [0.05, 0.1) is 6.61 Å². The van der Waals surface area contributed by atoms with Crippen LogP contribution in [0.3, 0.4) is 0 Å². The van der Waals surface area contributed by atoms with Crippen molar-refractivity contribution in [1.29, 1.82) is 10.5 Å². The summed E-state index contributed by atoms with van der Waals surface area (Å²) >= 11 is 0. The molecular formula is C19H20N4O2. The molecule has 1 aromatic heterocycles. The molecule has 0 amide bonds. The first-order valence-corrected chi connectivity index (χ1v) is 8.15. The van der Waals surface area contributed by atoms with Crippen molar-refractivity contribution in [3.05, 3.63) is 51.3 Å². The molecule has 0 fully saturated rings. The molecule has 3 N–H and O–H groups in total. The number of nitrogens with one attached hydrogen (secondary N) is 1. The smallest absolute Gasteiger partial charge is 0.268 e. The lowest BCUT2D eigenvalue weighted by molar-refractivity contribution is 0.117. The largest absolute Gasteiger partial charge is 0.384 e. The highest BCUT2D eigenvalue weighted by atomic mass is 16.5. The van der Waals surface area contributed by atoms with Gasteiger partial charge in [-0.25, -0.2) is 0 Å². The van der Waals surface area contributed by atoms with Crippen LogP contribution in [0.25, 0.3) is 11.1 Å². The third kappa shape index (κ3) is 4.26. The van der Waals surface area contributed by atoms with E-state index in [1.807, 2.05) is 24.3 Å². The number of anilines is 1. The average molecular weight is 336 g/mol. The summed E-state index contributed by atoms with van der Waals surface area (Å²) in [6, 6.07) is 11.1. The number of nitrogen functional groups attached to an aromatic ring is 1. The van der Waals surface area contributed by atoms with Crippen molar-refractivity contribution in [3.8, 4) is 23.3 Å². The van der Waals surface area contributed by atoms with Crippen molar-refractivity contribution in [2.45, 2.75) is 32.8 Å². The van der Waals surface area contributed by atoms with Crippen LogP contribution in [0.2, 0.25) is 0 Å². The van der Waals surface area contributed by atoms with Crippen molar-refractivity contribution >= 4 is 5.82 Å². The summed E-state index contributed by atoms with van der Waals surface area (Å²) in [5, 5.41) is 18.6. The van der Waals surface area contributed by atoms with Gasteiger partial charge in [-0.15, -0.1) is 0 Å². The number of nitrogens with zero attached hydrogens (tertiary/aromatic N) is 2. The summed E-state index contributed by atoms with van der Waals surface area (Å²) in [4.78, 5) is 14.3. The first-order valence-electron chi connectivity index (χ1n) is 8.15. The highest BCUT2D eigenvalue weighted by molar-refractivity contribution is 5.80. The first kappa shape index (κ1) is 18.3. The van der Waals surface area contributed by atoms with Gasteiger partial charge in [-0.2, -0.15) is 10.5 Å². The predicted octanol–water partition coefficient (Wildman–Crippen LogP) is 3.07. The van der Waals surface area contributed by atoms with Crippen LogP contribution >= 0.6 is 0 Å². The Balaban J connectivity index is 2.27. The lowest BCUT2D eigenvalue weighted by atomic mass is 9.96. The first-order chi connectivity index (χ1) is 12.1. The Bertz CT molecular complexity index is 871. The minimum atomic E-state index is -0.600. The highest BCUT2D eigenvalue weighted by Gasteiger charge is 2.17. The van der Waals surface area contributed by atoms with E-state index in [1.54, 1.807) is 12.1 Å². The third-order valence-corrected chi connectivity index (χ3v) is 3.87. The molecule has 2 rings (SSSR count). The molecule has 25 heavy (non-hydrogen) atoms. The molecular weight excluding hydrogens is 316 g/mol. The maximum absolute atomic E-state index is 11.9. The zero-order chi connectivity index (χ0) is 18.2. The molecule has 0 spiro atoms. The molecule has 0 atom stereocenters. The van der Waals surface area contributed by atoms with Gasteiger partial charge >= 0.3 is 0 Å². The predicted molar refractivity (Wildman–Crippen MR) is 95.5 cm³/mol. The molecule has 0 aliphatic carbocycles.